The lowest BCUT2D eigenvalue weighted by Gasteiger charge is -2.20. The van der Waals surface area contributed by atoms with Gasteiger partial charge in [-0.15, -0.1) is 0 Å². The van der Waals surface area contributed by atoms with Crippen molar-refractivity contribution in [3.05, 3.63) is 59.9 Å². The number of anilines is 1. The normalized spacial score (nSPS) is 15.2. The van der Waals surface area contributed by atoms with Gasteiger partial charge in [-0.1, -0.05) is 37.5 Å². The number of hydrogen-bond donors (Lipinski definition) is 3. The zero-order valence-corrected chi connectivity index (χ0v) is 16.2. The van der Waals surface area contributed by atoms with Crippen molar-refractivity contribution in [2.45, 2.75) is 45.1 Å². The monoisotopic (exact) mass is 379 g/mol. The van der Waals surface area contributed by atoms with Crippen LogP contribution in [0.4, 0.5) is 5.69 Å². The molecule has 1 aromatic heterocycles. The molecule has 6 heteroatoms. The van der Waals surface area contributed by atoms with Crippen molar-refractivity contribution >= 4 is 17.6 Å². The topological polar surface area (TPSA) is 92.4 Å². The molecule has 0 spiro atoms. The summed E-state index contributed by atoms with van der Waals surface area (Å²) in [7, 11) is 0. The molecule has 1 aliphatic carbocycles. The van der Waals surface area contributed by atoms with Gasteiger partial charge in [0.15, 0.2) is 5.96 Å². The van der Waals surface area contributed by atoms with E-state index in [4.69, 9.17) is 5.73 Å². The van der Waals surface area contributed by atoms with Gasteiger partial charge >= 0.3 is 0 Å². The van der Waals surface area contributed by atoms with Crippen LogP contribution >= 0.6 is 0 Å². The fourth-order valence-electron chi connectivity index (χ4n) is 3.45. The number of nitrogens with zero attached hydrogens (tertiary/aromatic N) is 2. The second-order valence-electron chi connectivity index (χ2n) is 7.22. The van der Waals surface area contributed by atoms with E-state index in [1.807, 2.05) is 42.5 Å². The van der Waals surface area contributed by atoms with Gasteiger partial charge in [0, 0.05) is 36.5 Å². The van der Waals surface area contributed by atoms with Crippen LogP contribution in [-0.2, 0) is 17.8 Å². The molecule has 1 saturated carbocycles. The van der Waals surface area contributed by atoms with Crippen molar-refractivity contribution in [2.24, 2.45) is 16.6 Å². The van der Waals surface area contributed by atoms with Gasteiger partial charge in [-0.05, 0) is 42.7 Å². The Morgan fingerprint density at radius 3 is 2.79 bits per heavy atom. The minimum absolute atomic E-state index is 0.135. The second-order valence-corrected chi connectivity index (χ2v) is 7.22. The van der Waals surface area contributed by atoms with E-state index >= 15 is 0 Å². The van der Waals surface area contributed by atoms with Crippen molar-refractivity contribution in [1.82, 2.24) is 10.3 Å². The van der Waals surface area contributed by atoms with Gasteiger partial charge in [0.1, 0.15) is 0 Å². The van der Waals surface area contributed by atoms with E-state index < -0.39 is 0 Å². The third-order valence-electron chi connectivity index (χ3n) is 5.02. The van der Waals surface area contributed by atoms with Crippen LogP contribution in [0.1, 0.15) is 43.4 Å². The molecular formula is C22H29N5O. The van der Waals surface area contributed by atoms with Gasteiger partial charge in [0.2, 0.25) is 5.91 Å². The maximum atomic E-state index is 12.4. The lowest BCUT2D eigenvalue weighted by atomic mass is 9.88. The smallest absolute Gasteiger partial charge is 0.227 e. The number of carbonyl (C=O) groups is 1. The van der Waals surface area contributed by atoms with Gasteiger partial charge < -0.3 is 16.4 Å². The Labute approximate surface area is 166 Å². The molecule has 4 N–H and O–H groups in total. The number of amides is 1. The Kier molecular flexibility index (Phi) is 7.41. The zero-order chi connectivity index (χ0) is 19.6. The number of rotatable bonds is 7. The summed E-state index contributed by atoms with van der Waals surface area (Å²) in [4.78, 5) is 21.1. The van der Waals surface area contributed by atoms with Crippen LogP contribution in [0.25, 0.3) is 0 Å². The molecule has 0 aliphatic heterocycles. The molecule has 148 valence electrons. The number of pyridine rings is 1. The molecule has 0 radical (unpaired) electrons. The number of benzene rings is 1. The predicted octanol–water partition coefficient (Wildman–Crippen LogP) is 3.25. The summed E-state index contributed by atoms with van der Waals surface area (Å²) in [6, 6.07) is 13.7. The average molecular weight is 380 g/mol. The van der Waals surface area contributed by atoms with Gasteiger partial charge in [-0.3, -0.25) is 9.78 Å². The Bertz CT molecular complexity index is 785. The lowest BCUT2D eigenvalue weighted by Crippen LogP contribution is -2.33. The maximum absolute atomic E-state index is 12.4. The largest absolute Gasteiger partial charge is 0.370 e. The van der Waals surface area contributed by atoms with Crippen molar-refractivity contribution in [2.75, 3.05) is 11.9 Å². The summed E-state index contributed by atoms with van der Waals surface area (Å²) >= 11 is 0. The molecule has 6 nitrogen and oxygen atoms in total. The first-order valence-corrected chi connectivity index (χ1v) is 10.0. The highest BCUT2D eigenvalue weighted by Gasteiger charge is 2.20. The Hall–Kier alpha value is -2.89. The summed E-state index contributed by atoms with van der Waals surface area (Å²) in [6.45, 7) is 1.15. The third-order valence-corrected chi connectivity index (χ3v) is 5.02. The molecule has 0 saturated heterocycles. The maximum Gasteiger partial charge on any atom is 0.227 e. The highest BCUT2D eigenvalue weighted by atomic mass is 16.1. The minimum Gasteiger partial charge on any atom is -0.370 e. The summed E-state index contributed by atoms with van der Waals surface area (Å²) < 4.78 is 0. The predicted molar refractivity (Wildman–Crippen MR) is 113 cm³/mol. The molecular weight excluding hydrogens is 350 g/mol. The molecule has 0 atom stereocenters. The van der Waals surface area contributed by atoms with Crippen LogP contribution in [0.5, 0.6) is 0 Å². The standard InChI is InChI=1S/C22H29N5O/c23-22(25-14-12-19-10-4-5-13-24-19)26-16-17-7-6-11-20(15-17)27-21(28)18-8-2-1-3-9-18/h4-7,10-11,13,15,18H,1-3,8-9,12,14,16H2,(H,27,28)(H3,23,25,26). The highest BCUT2D eigenvalue weighted by molar-refractivity contribution is 5.92. The fraction of sp³-hybridized carbons (Fsp3) is 0.409. The summed E-state index contributed by atoms with van der Waals surface area (Å²) in [6.07, 6.45) is 8.12. The minimum atomic E-state index is 0.135. The quantitative estimate of drug-likeness (QED) is 0.509. The van der Waals surface area contributed by atoms with Crippen LogP contribution in [0, 0.1) is 5.92 Å². The Morgan fingerprint density at radius 2 is 2.00 bits per heavy atom. The number of aromatic nitrogens is 1. The van der Waals surface area contributed by atoms with E-state index in [1.165, 1.54) is 6.42 Å². The van der Waals surface area contributed by atoms with Crippen LogP contribution in [0.2, 0.25) is 0 Å². The number of nitrogens with two attached hydrogens (primary N) is 1. The van der Waals surface area contributed by atoms with E-state index in [2.05, 4.69) is 20.6 Å². The summed E-state index contributed by atoms with van der Waals surface area (Å²) in [5.74, 6) is 0.693. The average Bonchev–Trinajstić information content (AvgIpc) is 2.74. The number of guanidine groups is 1. The zero-order valence-electron chi connectivity index (χ0n) is 16.2. The van der Waals surface area contributed by atoms with E-state index in [0.717, 1.165) is 49.0 Å². The van der Waals surface area contributed by atoms with Crippen LogP contribution in [-0.4, -0.2) is 23.4 Å². The highest BCUT2D eigenvalue weighted by Crippen LogP contribution is 2.25. The molecule has 0 bridgehead atoms. The fourth-order valence-corrected chi connectivity index (χ4v) is 3.45. The van der Waals surface area contributed by atoms with E-state index in [-0.39, 0.29) is 11.8 Å². The van der Waals surface area contributed by atoms with Crippen LogP contribution in [0.3, 0.4) is 0 Å². The van der Waals surface area contributed by atoms with E-state index in [1.54, 1.807) is 6.20 Å². The van der Waals surface area contributed by atoms with Gasteiger partial charge in [0.25, 0.3) is 0 Å². The molecule has 1 aromatic carbocycles. The first-order chi connectivity index (χ1) is 13.7. The first kappa shape index (κ1) is 19.9. The molecule has 0 unspecified atom stereocenters. The SMILES string of the molecule is NC(=NCc1cccc(NC(=O)C2CCCCC2)c1)NCCc1ccccn1. The van der Waals surface area contributed by atoms with Crippen molar-refractivity contribution in [3.63, 3.8) is 0 Å². The summed E-state index contributed by atoms with van der Waals surface area (Å²) in [5.41, 5.74) is 8.80. The molecule has 3 rings (SSSR count). The molecule has 1 amide bonds. The molecule has 1 aliphatic rings. The molecule has 1 heterocycles. The van der Waals surface area contributed by atoms with Crippen LogP contribution in [0.15, 0.2) is 53.7 Å². The number of aliphatic imine (C=N–C) groups is 1. The molecule has 1 fully saturated rings. The van der Waals surface area contributed by atoms with Crippen LogP contribution < -0.4 is 16.4 Å². The molecule has 28 heavy (non-hydrogen) atoms. The summed E-state index contributed by atoms with van der Waals surface area (Å²) in [5, 5.41) is 6.16. The third kappa shape index (κ3) is 6.37. The second kappa shape index (κ2) is 10.4. The molecule has 2 aromatic rings. The van der Waals surface area contributed by atoms with Gasteiger partial charge in [0.05, 0.1) is 6.54 Å². The van der Waals surface area contributed by atoms with E-state index in [0.29, 0.717) is 19.0 Å². The number of hydrogen-bond acceptors (Lipinski definition) is 3. The lowest BCUT2D eigenvalue weighted by molar-refractivity contribution is -0.120. The van der Waals surface area contributed by atoms with E-state index in [9.17, 15) is 4.79 Å². The van der Waals surface area contributed by atoms with Crippen molar-refractivity contribution in [3.8, 4) is 0 Å². The van der Waals surface area contributed by atoms with Crippen molar-refractivity contribution in [1.29, 1.82) is 0 Å². The van der Waals surface area contributed by atoms with Gasteiger partial charge in [-0.2, -0.15) is 0 Å². The Balaban J connectivity index is 1.46. The van der Waals surface area contributed by atoms with Gasteiger partial charge in [-0.25, -0.2) is 4.99 Å². The number of carbonyl (C=O) groups excluding carboxylic acids is 1. The Morgan fingerprint density at radius 1 is 1.14 bits per heavy atom. The number of nitrogens with one attached hydrogen (secondary N) is 2. The first-order valence-electron chi connectivity index (χ1n) is 10.0. The van der Waals surface area contributed by atoms with Crippen molar-refractivity contribution < 1.29 is 4.79 Å².